The fourth-order valence-electron chi connectivity index (χ4n) is 2.69. The molecule has 5 nitrogen and oxygen atoms in total. The summed E-state index contributed by atoms with van der Waals surface area (Å²) >= 11 is 6.07. The second kappa shape index (κ2) is 7.94. The normalized spacial score (nSPS) is 19.0. The maximum absolute atomic E-state index is 12.4. The zero-order valence-electron chi connectivity index (χ0n) is 14.0. The molecule has 1 N–H and O–H groups in total. The Balaban J connectivity index is 1.88. The van der Waals surface area contributed by atoms with Gasteiger partial charge in [-0.25, -0.2) is 13.1 Å². The summed E-state index contributed by atoms with van der Waals surface area (Å²) in [5, 5.41) is 0.268. The van der Waals surface area contributed by atoms with E-state index in [2.05, 4.69) is 28.5 Å². The van der Waals surface area contributed by atoms with Crippen LogP contribution in [0.25, 0.3) is 0 Å². The Bertz CT molecular complexity index is 628. The van der Waals surface area contributed by atoms with Gasteiger partial charge in [0.1, 0.15) is 4.90 Å². The maximum Gasteiger partial charge on any atom is 0.242 e. The first-order valence-corrected chi connectivity index (χ1v) is 9.81. The number of hydrogen-bond acceptors (Lipinski definition) is 4. The summed E-state index contributed by atoms with van der Waals surface area (Å²) < 4.78 is 27.5. The number of benzene rings is 1. The van der Waals surface area contributed by atoms with Crippen LogP contribution in [0.3, 0.4) is 0 Å². The number of sulfonamides is 1. The monoisotopic (exact) mass is 359 g/mol. The number of aryl methyl sites for hydroxylation is 1. The van der Waals surface area contributed by atoms with Gasteiger partial charge in [0.25, 0.3) is 0 Å². The molecule has 1 heterocycles. The molecule has 1 fully saturated rings. The van der Waals surface area contributed by atoms with E-state index in [1.165, 1.54) is 0 Å². The van der Waals surface area contributed by atoms with Crippen molar-refractivity contribution in [1.82, 2.24) is 14.5 Å². The largest absolute Gasteiger partial charge is 0.304 e. The third kappa shape index (κ3) is 5.43. The van der Waals surface area contributed by atoms with Crippen molar-refractivity contribution in [2.75, 3.05) is 46.3 Å². The highest BCUT2D eigenvalue weighted by atomic mass is 35.5. The third-order valence-electron chi connectivity index (χ3n) is 4.16. The van der Waals surface area contributed by atoms with Crippen LogP contribution in [0.5, 0.6) is 0 Å². The molecule has 7 heteroatoms. The Hall–Kier alpha value is -0.660. The highest BCUT2D eigenvalue weighted by Crippen LogP contribution is 2.22. The Kier molecular flexibility index (Phi) is 6.45. The Morgan fingerprint density at radius 2 is 1.91 bits per heavy atom. The molecule has 0 bridgehead atoms. The van der Waals surface area contributed by atoms with Gasteiger partial charge in [-0.3, -0.25) is 0 Å². The standard InChI is InChI=1S/C16H26ClN3O2S/c1-13-4-5-16(15(17)10-13)23(21,22)18-11-14(2)12-20-8-6-19(3)7-9-20/h4-5,10,14,18H,6-9,11-12H2,1-3H3. The van der Waals surface area contributed by atoms with E-state index in [1.54, 1.807) is 18.2 Å². The number of likely N-dealkylation sites (N-methyl/N-ethyl adjacent to an activating group) is 1. The number of halogens is 1. The topological polar surface area (TPSA) is 52.7 Å². The van der Waals surface area contributed by atoms with E-state index in [-0.39, 0.29) is 15.8 Å². The average molecular weight is 360 g/mol. The highest BCUT2D eigenvalue weighted by molar-refractivity contribution is 7.89. The molecule has 0 radical (unpaired) electrons. The number of piperazine rings is 1. The van der Waals surface area contributed by atoms with Gasteiger partial charge in [0.15, 0.2) is 0 Å². The van der Waals surface area contributed by atoms with Crippen molar-refractivity contribution < 1.29 is 8.42 Å². The van der Waals surface area contributed by atoms with Crippen LogP contribution in [0.15, 0.2) is 23.1 Å². The van der Waals surface area contributed by atoms with E-state index in [1.807, 2.05) is 6.92 Å². The van der Waals surface area contributed by atoms with Crippen LogP contribution in [0.4, 0.5) is 0 Å². The summed E-state index contributed by atoms with van der Waals surface area (Å²) in [4.78, 5) is 4.85. The molecule has 1 aliphatic heterocycles. The summed E-state index contributed by atoms with van der Waals surface area (Å²) in [7, 11) is -1.44. The van der Waals surface area contributed by atoms with E-state index < -0.39 is 10.0 Å². The molecule has 23 heavy (non-hydrogen) atoms. The molecule has 1 saturated heterocycles. The SMILES string of the molecule is Cc1ccc(S(=O)(=O)NCC(C)CN2CCN(C)CC2)c(Cl)c1. The van der Waals surface area contributed by atoms with Crippen molar-refractivity contribution in [3.8, 4) is 0 Å². The summed E-state index contributed by atoms with van der Waals surface area (Å²) in [5.41, 5.74) is 0.942. The van der Waals surface area contributed by atoms with Crippen LogP contribution in [-0.2, 0) is 10.0 Å². The van der Waals surface area contributed by atoms with E-state index in [9.17, 15) is 8.42 Å². The van der Waals surface area contributed by atoms with Crippen molar-refractivity contribution >= 4 is 21.6 Å². The zero-order chi connectivity index (χ0) is 17.0. The van der Waals surface area contributed by atoms with Crippen LogP contribution in [-0.4, -0.2) is 64.5 Å². The predicted molar refractivity (Wildman–Crippen MR) is 94.5 cm³/mol. The van der Waals surface area contributed by atoms with Gasteiger partial charge in [-0.1, -0.05) is 24.6 Å². The maximum atomic E-state index is 12.4. The molecule has 1 aliphatic rings. The van der Waals surface area contributed by atoms with E-state index in [4.69, 9.17) is 11.6 Å². The molecular formula is C16H26ClN3O2S. The second-order valence-corrected chi connectivity index (χ2v) is 8.64. The average Bonchev–Trinajstić information content (AvgIpc) is 2.47. The van der Waals surface area contributed by atoms with Gasteiger partial charge in [-0.05, 0) is 37.6 Å². The quantitative estimate of drug-likeness (QED) is 0.841. The van der Waals surface area contributed by atoms with E-state index in [0.717, 1.165) is 38.3 Å². The minimum atomic E-state index is -3.56. The molecule has 2 rings (SSSR count). The van der Waals surface area contributed by atoms with Crippen molar-refractivity contribution in [3.63, 3.8) is 0 Å². The van der Waals surface area contributed by atoms with Gasteiger partial charge in [0.05, 0.1) is 5.02 Å². The number of hydrogen-bond donors (Lipinski definition) is 1. The molecule has 1 atom stereocenters. The molecule has 0 aromatic heterocycles. The van der Waals surface area contributed by atoms with Gasteiger partial charge in [0.2, 0.25) is 10.0 Å². The molecule has 0 saturated carbocycles. The van der Waals surface area contributed by atoms with E-state index in [0.29, 0.717) is 6.54 Å². The Morgan fingerprint density at radius 3 is 2.52 bits per heavy atom. The van der Waals surface area contributed by atoms with E-state index >= 15 is 0 Å². The predicted octanol–water partition coefficient (Wildman–Crippen LogP) is 1.81. The second-order valence-electron chi connectivity index (χ2n) is 6.49. The van der Waals surface area contributed by atoms with Gasteiger partial charge in [-0.2, -0.15) is 0 Å². The first kappa shape index (κ1) is 18.7. The van der Waals surface area contributed by atoms with Crippen molar-refractivity contribution in [2.24, 2.45) is 5.92 Å². The lowest BCUT2D eigenvalue weighted by molar-refractivity contribution is 0.139. The fourth-order valence-corrected chi connectivity index (χ4v) is 4.45. The van der Waals surface area contributed by atoms with Crippen LogP contribution < -0.4 is 4.72 Å². The number of nitrogens with zero attached hydrogens (tertiary/aromatic N) is 2. The van der Waals surface area contributed by atoms with Crippen molar-refractivity contribution in [1.29, 1.82) is 0 Å². The molecular weight excluding hydrogens is 334 g/mol. The molecule has 1 unspecified atom stereocenters. The van der Waals surface area contributed by atoms with Crippen LogP contribution in [0.2, 0.25) is 5.02 Å². The zero-order valence-corrected chi connectivity index (χ0v) is 15.6. The smallest absolute Gasteiger partial charge is 0.242 e. The Morgan fingerprint density at radius 1 is 1.26 bits per heavy atom. The van der Waals surface area contributed by atoms with Gasteiger partial charge in [0, 0.05) is 39.3 Å². The summed E-state index contributed by atoms with van der Waals surface area (Å²) in [5.74, 6) is 0.248. The first-order chi connectivity index (χ1) is 10.8. The molecule has 0 spiro atoms. The molecule has 1 aromatic carbocycles. The third-order valence-corrected chi connectivity index (χ3v) is 6.07. The van der Waals surface area contributed by atoms with Crippen molar-refractivity contribution in [2.45, 2.75) is 18.7 Å². The van der Waals surface area contributed by atoms with Crippen LogP contribution >= 0.6 is 11.6 Å². The van der Waals surface area contributed by atoms with Crippen molar-refractivity contribution in [3.05, 3.63) is 28.8 Å². The Labute approximate surface area is 144 Å². The number of nitrogens with one attached hydrogen (secondary N) is 1. The minimum Gasteiger partial charge on any atom is -0.304 e. The molecule has 0 amide bonds. The highest BCUT2D eigenvalue weighted by Gasteiger charge is 2.20. The molecule has 1 aromatic rings. The summed E-state index contributed by atoms with van der Waals surface area (Å²) in [6.45, 7) is 9.48. The lowest BCUT2D eigenvalue weighted by Gasteiger charge is -2.33. The van der Waals surface area contributed by atoms with Crippen LogP contribution in [0.1, 0.15) is 12.5 Å². The lowest BCUT2D eigenvalue weighted by Crippen LogP contribution is -2.46. The van der Waals surface area contributed by atoms with Gasteiger partial charge < -0.3 is 9.80 Å². The molecule has 0 aliphatic carbocycles. The summed E-state index contributed by atoms with van der Waals surface area (Å²) in [6, 6.07) is 4.99. The van der Waals surface area contributed by atoms with Crippen LogP contribution in [0, 0.1) is 12.8 Å². The lowest BCUT2D eigenvalue weighted by atomic mass is 10.1. The van der Waals surface area contributed by atoms with Gasteiger partial charge >= 0.3 is 0 Å². The molecule has 130 valence electrons. The summed E-state index contributed by atoms with van der Waals surface area (Å²) in [6.07, 6.45) is 0. The van der Waals surface area contributed by atoms with Gasteiger partial charge in [-0.15, -0.1) is 0 Å². The first-order valence-electron chi connectivity index (χ1n) is 7.94. The fraction of sp³-hybridized carbons (Fsp3) is 0.625. The number of rotatable bonds is 6. The minimum absolute atomic E-state index is 0.150.